The lowest BCUT2D eigenvalue weighted by atomic mass is 9.89. The Morgan fingerprint density at radius 1 is 1.03 bits per heavy atom. The van der Waals surface area contributed by atoms with Gasteiger partial charge in [-0.2, -0.15) is 0 Å². The van der Waals surface area contributed by atoms with Gasteiger partial charge in [0.2, 0.25) is 0 Å². The predicted molar refractivity (Wildman–Crippen MR) is 129 cm³/mol. The number of hydrogen-bond acceptors (Lipinski definition) is 11. The van der Waals surface area contributed by atoms with Crippen molar-refractivity contribution >= 4 is 11.8 Å². The normalized spacial score (nSPS) is 47.5. The van der Waals surface area contributed by atoms with Crippen LogP contribution in [0.3, 0.4) is 0 Å². The van der Waals surface area contributed by atoms with E-state index in [0.717, 1.165) is 0 Å². The number of carbonyl (C=O) groups excluding carboxylic acids is 2. The largest absolute Gasteiger partial charge is 0.459 e. The average molecular weight is 529 g/mol. The summed E-state index contributed by atoms with van der Waals surface area (Å²) < 4.78 is 28.3. The first-order chi connectivity index (χ1) is 17.4. The standard InChI is InChI=1S/C26H40O11/c1-13-6-9-20(29)35-14(2)16(12-34-25-24(33-5)22(31)21(30)15(3)36-25)23-18(37-23)7-8-19(28)26(4,32)11-10-17(13)27/h6-9,13-18,21-25,27,30-32H,10-12H2,1-5H3/b8-7+,9-6+/t13-,14+,15+,16+,17-,18+,21+,22+,23-,24+,25+,26-/m0/s1. The lowest BCUT2D eigenvalue weighted by molar-refractivity contribution is -0.301. The van der Waals surface area contributed by atoms with Crippen molar-refractivity contribution in [1.29, 1.82) is 0 Å². The number of fused-ring (bicyclic) bond motifs is 1. The highest BCUT2D eigenvalue weighted by molar-refractivity contribution is 5.96. The fraction of sp³-hybridized carbons (Fsp3) is 0.769. The maximum atomic E-state index is 12.6. The molecule has 0 aromatic heterocycles. The van der Waals surface area contributed by atoms with Gasteiger partial charge in [0, 0.05) is 25.0 Å². The molecule has 11 nitrogen and oxygen atoms in total. The van der Waals surface area contributed by atoms with Crippen molar-refractivity contribution in [3.63, 3.8) is 0 Å². The summed E-state index contributed by atoms with van der Waals surface area (Å²) in [7, 11) is 1.37. The van der Waals surface area contributed by atoms with Crippen LogP contribution in [-0.2, 0) is 33.3 Å². The lowest BCUT2D eigenvalue weighted by Crippen LogP contribution is -2.58. The number of aliphatic hydroxyl groups is 4. The van der Waals surface area contributed by atoms with E-state index in [-0.39, 0.29) is 19.4 Å². The van der Waals surface area contributed by atoms with Crippen molar-refractivity contribution < 1.29 is 53.7 Å². The van der Waals surface area contributed by atoms with Gasteiger partial charge in [0.15, 0.2) is 12.1 Å². The number of carbonyl (C=O) groups is 2. The van der Waals surface area contributed by atoms with E-state index in [2.05, 4.69) is 0 Å². The summed E-state index contributed by atoms with van der Waals surface area (Å²) in [5, 5.41) is 41.4. The molecule has 37 heavy (non-hydrogen) atoms. The summed E-state index contributed by atoms with van der Waals surface area (Å²) in [4.78, 5) is 25.1. The highest BCUT2D eigenvalue weighted by atomic mass is 16.7. The molecule has 3 aliphatic heterocycles. The van der Waals surface area contributed by atoms with Crippen LogP contribution in [0.15, 0.2) is 24.3 Å². The maximum Gasteiger partial charge on any atom is 0.330 e. The van der Waals surface area contributed by atoms with Gasteiger partial charge in [-0.05, 0) is 45.8 Å². The molecule has 2 saturated heterocycles. The van der Waals surface area contributed by atoms with Gasteiger partial charge in [-0.25, -0.2) is 4.79 Å². The maximum absolute atomic E-state index is 12.6. The third-order valence-electron chi connectivity index (χ3n) is 7.44. The van der Waals surface area contributed by atoms with Crippen LogP contribution in [0.1, 0.15) is 40.5 Å². The molecule has 0 amide bonds. The Hall–Kier alpha value is -1.70. The van der Waals surface area contributed by atoms with Crippen LogP contribution < -0.4 is 0 Å². The number of esters is 1. The van der Waals surface area contributed by atoms with Crippen molar-refractivity contribution in [3.8, 4) is 0 Å². The zero-order valence-corrected chi connectivity index (χ0v) is 21.9. The number of hydrogen-bond donors (Lipinski definition) is 4. The van der Waals surface area contributed by atoms with E-state index in [1.165, 1.54) is 32.3 Å². The van der Waals surface area contributed by atoms with Crippen LogP contribution in [0.25, 0.3) is 0 Å². The number of aliphatic hydroxyl groups excluding tert-OH is 3. The van der Waals surface area contributed by atoms with E-state index < -0.39 is 84.3 Å². The molecule has 0 radical (unpaired) electrons. The molecule has 0 aromatic carbocycles. The van der Waals surface area contributed by atoms with Crippen LogP contribution in [0.4, 0.5) is 0 Å². The minimum atomic E-state index is -1.66. The number of methoxy groups -OCH3 is 1. The number of ketones is 1. The third kappa shape index (κ3) is 7.45. The van der Waals surface area contributed by atoms with E-state index in [4.69, 9.17) is 23.7 Å². The number of epoxide rings is 1. The molecule has 3 rings (SSSR count). The summed E-state index contributed by atoms with van der Waals surface area (Å²) in [6.07, 6.45) is -1.67. The van der Waals surface area contributed by atoms with Crippen LogP contribution in [-0.4, -0.2) is 107 Å². The summed E-state index contributed by atoms with van der Waals surface area (Å²) in [6.45, 7) is 6.41. The molecule has 210 valence electrons. The van der Waals surface area contributed by atoms with Crippen molar-refractivity contribution in [2.75, 3.05) is 13.7 Å². The Labute approximate surface area is 217 Å². The Morgan fingerprint density at radius 3 is 2.41 bits per heavy atom. The van der Waals surface area contributed by atoms with Crippen molar-refractivity contribution in [3.05, 3.63) is 24.3 Å². The Bertz CT molecular complexity index is 855. The summed E-state index contributed by atoms with van der Waals surface area (Å²) in [5.41, 5.74) is -1.66. The molecule has 11 heteroatoms. The Balaban J connectivity index is 1.78. The van der Waals surface area contributed by atoms with E-state index in [9.17, 15) is 30.0 Å². The minimum absolute atomic E-state index is 0.00594. The van der Waals surface area contributed by atoms with Gasteiger partial charge >= 0.3 is 5.97 Å². The molecule has 0 saturated carbocycles. The summed E-state index contributed by atoms with van der Waals surface area (Å²) in [5.74, 6) is -2.00. The minimum Gasteiger partial charge on any atom is -0.459 e. The first-order valence-corrected chi connectivity index (χ1v) is 12.7. The molecule has 2 fully saturated rings. The molecule has 3 aliphatic rings. The van der Waals surface area contributed by atoms with Gasteiger partial charge in [-0.1, -0.05) is 13.0 Å². The SMILES string of the molecule is CO[C@H]1[C@H](OC[C@H]2[C@@H]3O[C@@H]3/C=C/C(=O)[C@@](C)(O)CC[C@H](O)[C@@H](C)/C=C/C(=O)O[C@@H]2C)O[C@H](C)[C@@H](O)[C@H]1O. The Kier molecular flexibility index (Phi) is 10.0. The van der Waals surface area contributed by atoms with Crippen LogP contribution >= 0.6 is 0 Å². The molecule has 0 unspecified atom stereocenters. The Morgan fingerprint density at radius 2 is 1.73 bits per heavy atom. The molecule has 3 heterocycles. The van der Waals surface area contributed by atoms with Gasteiger partial charge in [0.1, 0.15) is 36.1 Å². The average Bonchev–Trinajstić information content (AvgIpc) is 3.61. The summed E-state index contributed by atoms with van der Waals surface area (Å²) in [6, 6.07) is 0. The monoisotopic (exact) mass is 528 g/mol. The van der Waals surface area contributed by atoms with Crippen LogP contribution in [0.2, 0.25) is 0 Å². The predicted octanol–water partition coefficient (Wildman–Crippen LogP) is 0.0232. The zero-order valence-electron chi connectivity index (χ0n) is 21.9. The quantitative estimate of drug-likeness (QED) is 0.287. The second-order valence-electron chi connectivity index (χ2n) is 10.4. The van der Waals surface area contributed by atoms with Gasteiger partial charge in [0.25, 0.3) is 0 Å². The van der Waals surface area contributed by atoms with Crippen LogP contribution in [0.5, 0.6) is 0 Å². The third-order valence-corrected chi connectivity index (χ3v) is 7.44. The first-order valence-electron chi connectivity index (χ1n) is 12.7. The van der Waals surface area contributed by atoms with Crippen molar-refractivity contribution in [2.45, 2.75) is 101 Å². The topological polar surface area (TPSA) is 165 Å². The fourth-order valence-electron chi connectivity index (χ4n) is 4.57. The molecule has 0 spiro atoms. The summed E-state index contributed by atoms with van der Waals surface area (Å²) >= 11 is 0. The van der Waals surface area contributed by atoms with Crippen molar-refractivity contribution in [2.24, 2.45) is 11.8 Å². The first kappa shape index (κ1) is 29.9. The van der Waals surface area contributed by atoms with E-state index in [1.807, 2.05) is 0 Å². The van der Waals surface area contributed by atoms with E-state index >= 15 is 0 Å². The molecule has 0 bridgehead atoms. The molecule has 0 aliphatic carbocycles. The zero-order chi connectivity index (χ0) is 27.5. The van der Waals surface area contributed by atoms with Crippen LogP contribution in [0, 0.1) is 11.8 Å². The molecule has 4 N–H and O–H groups in total. The number of rotatable bonds is 4. The highest BCUT2D eigenvalue weighted by Crippen LogP contribution is 2.35. The van der Waals surface area contributed by atoms with Crippen molar-refractivity contribution in [1.82, 2.24) is 0 Å². The van der Waals surface area contributed by atoms with Gasteiger partial charge in [0.05, 0.1) is 24.9 Å². The lowest BCUT2D eigenvalue weighted by Gasteiger charge is -2.41. The van der Waals surface area contributed by atoms with E-state index in [1.54, 1.807) is 26.8 Å². The fourth-order valence-corrected chi connectivity index (χ4v) is 4.57. The van der Waals surface area contributed by atoms with Gasteiger partial charge < -0.3 is 44.1 Å². The molecule has 0 aromatic rings. The van der Waals surface area contributed by atoms with E-state index in [0.29, 0.717) is 0 Å². The van der Waals surface area contributed by atoms with Gasteiger partial charge in [-0.3, -0.25) is 4.79 Å². The molecular weight excluding hydrogens is 488 g/mol. The van der Waals surface area contributed by atoms with Gasteiger partial charge in [-0.15, -0.1) is 0 Å². The number of cyclic esters (lactones) is 1. The second kappa shape index (κ2) is 12.4. The highest BCUT2D eigenvalue weighted by Gasteiger charge is 2.49. The smallest absolute Gasteiger partial charge is 0.330 e. The second-order valence-corrected chi connectivity index (χ2v) is 10.4. The number of ether oxygens (including phenoxy) is 5. The molecule has 12 atom stereocenters. The molecular formula is C26H40O11.